The largest absolute Gasteiger partial charge is 0.417 e. The fourth-order valence-electron chi connectivity index (χ4n) is 2.35. The van der Waals surface area contributed by atoms with Crippen LogP contribution in [0.1, 0.15) is 22.8 Å². The van der Waals surface area contributed by atoms with Crippen molar-refractivity contribution in [2.24, 2.45) is 0 Å². The van der Waals surface area contributed by atoms with E-state index in [2.05, 4.69) is 5.32 Å². The number of carbonyl (C=O) groups is 2. The fourth-order valence-corrected chi connectivity index (χ4v) is 3.70. The Labute approximate surface area is 170 Å². The molecule has 0 fully saturated rings. The zero-order valence-corrected chi connectivity index (χ0v) is 16.8. The summed E-state index contributed by atoms with van der Waals surface area (Å²) in [5.41, 5.74) is -0.973. The minimum atomic E-state index is -4.70. The minimum absolute atomic E-state index is 0.136. The summed E-state index contributed by atoms with van der Waals surface area (Å²) < 4.78 is 64.5. The monoisotopic (exact) mass is 448 g/mol. The lowest BCUT2D eigenvalue weighted by molar-refractivity contribution is -0.137. The van der Waals surface area contributed by atoms with E-state index < -0.39 is 39.2 Å². The van der Waals surface area contributed by atoms with Crippen LogP contribution in [0.15, 0.2) is 47.4 Å². The third-order valence-corrected chi connectivity index (χ3v) is 6.04. The van der Waals surface area contributed by atoms with Crippen LogP contribution in [-0.4, -0.2) is 38.0 Å². The van der Waals surface area contributed by atoms with Crippen molar-refractivity contribution in [3.05, 3.63) is 58.6 Å². The molecule has 156 valence electrons. The number of hydrogen-bond donors (Lipinski definition) is 1. The van der Waals surface area contributed by atoms with Gasteiger partial charge in [-0.05, 0) is 37.3 Å². The van der Waals surface area contributed by atoms with Gasteiger partial charge in [0.15, 0.2) is 5.78 Å². The second-order valence-electron chi connectivity index (χ2n) is 6.08. The summed E-state index contributed by atoms with van der Waals surface area (Å²) in [6.07, 6.45) is -4.70. The number of nitrogens with one attached hydrogen (secondary N) is 1. The summed E-state index contributed by atoms with van der Waals surface area (Å²) in [6.45, 7) is 0.696. The van der Waals surface area contributed by atoms with Crippen molar-refractivity contribution in [1.29, 1.82) is 0 Å². The molecule has 1 amide bonds. The molecule has 0 aromatic heterocycles. The number of amides is 1. The van der Waals surface area contributed by atoms with E-state index in [1.54, 1.807) is 0 Å². The van der Waals surface area contributed by atoms with E-state index in [9.17, 15) is 31.2 Å². The zero-order valence-electron chi connectivity index (χ0n) is 15.2. The zero-order chi connectivity index (χ0) is 22.0. The molecule has 0 atom stereocenters. The number of hydrogen-bond acceptors (Lipinski definition) is 4. The lowest BCUT2D eigenvalue weighted by Crippen LogP contribution is -2.35. The molecule has 2 aromatic rings. The Morgan fingerprint density at radius 1 is 1.10 bits per heavy atom. The number of sulfonamides is 1. The molecule has 1 N–H and O–H groups in total. The third-order valence-electron chi connectivity index (χ3n) is 3.89. The first-order valence-corrected chi connectivity index (χ1v) is 9.88. The van der Waals surface area contributed by atoms with E-state index >= 15 is 0 Å². The molecule has 0 spiro atoms. The maximum absolute atomic E-state index is 12.9. The molecule has 0 aliphatic carbocycles. The third kappa shape index (κ3) is 5.55. The lowest BCUT2D eigenvalue weighted by atomic mass is 10.2. The second kappa shape index (κ2) is 8.52. The molecule has 29 heavy (non-hydrogen) atoms. The normalized spacial score (nSPS) is 12.1. The summed E-state index contributed by atoms with van der Waals surface area (Å²) in [5.74, 6) is -1.07. The van der Waals surface area contributed by atoms with Gasteiger partial charge < -0.3 is 5.32 Å². The van der Waals surface area contributed by atoms with Gasteiger partial charge in [0.05, 0.1) is 22.0 Å². The van der Waals surface area contributed by atoms with Crippen LogP contribution in [0.3, 0.4) is 0 Å². The molecule has 0 radical (unpaired) electrons. The number of nitrogens with zero attached hydrogens (tertiary/aromatic N) is 1. The number of halogens is 4. The summed E-state index contributed by atoms with van der Waals surface area (Å²) in [7, 11) is -2.90. The number of benzene rings is 2. The van der Waals surface area contributed by atoms with Crippen molar-refractivity contribution >= 4 is 39.0 Å². The SMILES string of the molecule is CC(=O)c1ccc(S(=O)(=O)N(C)CC(=O)Nc2ccc(Cl)c(C(F)(F)F)c2)cc1. The molecule has 11 heteroatoms. The maximum atomic E-state index is 12.9. The first kappa shape index (κ1) is 22.9. The van der Waals surface area contributed by atoms with Gasteiger partial charge in [0.25, 0.3) is 0 Å². The van der Waals surface area contributed by atoms with Gasteiger partial charge in [-0.1, -0.05) is 23.7 Å². The van der Waals surface area contributed by atoms with Crippen molar-refractivity contribution in [2.45, 2.75) is 18.0 Å². The van der Waals surface area contributed by atoms with Crippen LogP contribution in [0.4, 0.5) is 18.9 Å². The molecule has 0 saturated carbocycles. The van der Waals surface area contributed by atoms with Gasteiger partial charge in [0.1, 0.15) is 0 Å². The van der Waals surface area contributed by atoms with E-state index in [1.807, 2.05) is 0 Å². The standard InChI is InChI=1S/C18H16ClF3N2O4S/c1-11(25)12-3-6-14(7-4-12)29(27,28)24(2)10-17(26)23-13-5-8-16(19)15(9-13)18(20,21)22/h3-9H,10H2,1-2H3,(H,23,26). The van der Waals surface area contributed by atoms with Crippen LogP contribution in [0.5, 0.6) is 0 Å². The smallest absolute Gasteiger partial charge is 0.325 e. The molecule has 0 bridgehead atoms. The Morgan fingerprint density at radius 2 is 1.69 bits per heavy atom. The Morgan fingerprint density at radius 3 is 2.21 bits per heavy atom. The van der Waals surface area contributed by atoms with Crippen molar-refractivity contribution in [3.8, 4) is 0 Å². The Kier molecular flexibility index (Phi) is 6.71. The van der Waals surface area contributed by atoms with Crippen LogP contribution in [-0.2, 0) is 21.0 Å². The van der Waals surface area contributed by atoms with E-state index in [0.29, 0.717) is 11.6 Å². The number of rotatable bonds is 6. The molecule has 6 nitrogen and oxygen atoms in total. The van der Waals surface area contributed by atoms with E-state index in [4.69, 9.17) is 11.6 Å². The molecule has 2 rings (SSSR count). The van der Waals surface area contributed by atoms with E-state index in [-0.39, 0.29) is 16.4 Å². The molecule has 0 aliphatic heterocycles. The van der Waals surface area contributed by atoms with Gasteiger partial charge in [-0.15, -0.1) is 0 Å². The Bertz CT molecular complexity index is 1040. The Balaban J connectivity index is 2.13. The van der Waals surface area contributed by atoms with Crippen LogP contribution in [0.2, 0.25) is 5.02 Å². The quantitative estimate of drug-likeness (QED) is 0.681. The van der Waals surface area contributed by atoms with Crippen molar-refractivity contribution in [2.75, 3.05) is 18.9 Å². The lowest BCUT2D eigenvalue weighted by Gasteiger charge is -2.17. The van der Waals surface area contributed by atoms with Gasteiger partial charge in [0.2, 0.25) is 15.9 Å². The Hall–Kier alpha value is -2.43. The molecule has 2 aromatic carbocycles. The van der Waals surface area contributed by atoms with E-state index in [0.717, 1.165) is 17.4 Å². The van der Waals surface area contributed by atoms with Crippen LogP contribution >= 0.6 is 11.6 Å². The summed E-state index contributed by atoms with van der Waals surface area (Å²) in [5, 5.41) is 1.69. The van der Waals surface area contributed by atoms with Gasteiger partial charge in [-0.3, -0.25) is 9.59 Å². The number of alkyl halides is 3. The first-order chi connectivity index (χ1) is 13.3. The first-order valence-electron chi connectivity index (χ1n) is 8.06. The van der Waals surface area contributed by atoms with Crippen LogP contribution in [0, 0.1) is 0 Å². The molecular formula is C18H16ClF3N2O4S. The highest BCUT2D eigenvalue weighted by atomic mass is 35.5. The average Bonchev–Trinajstić information content (AvgIpc) is 2.62. The number of likely N-dealkylation sites (N-methyl/N-ethyl adjacent to an activating group) is 1. The topological polar surface area (TPSA) is 83.6 Å². The van der Waals surface area contributed by atoms with Gasteiger partial charge in [-0.2, -0.15) is 17.5 Å². The van der Waals surface area contributed by atoms with Crippen LogP contribution in [0.25, 0.3) is 0 Å². The summed E-state index contributed by atoms with van der Waals surface area (Å²) >= 11 is 5.52. The van der Waals surface area contributed by atoms with Gasteiger partial charge >= 0.3 is 6.18 Å². The maximum Gasteiger partial charge on any atom is 0.417 e. The second-order valence-corrected chi connectivity index (χ2v) is 8.53. The summed E-state index contributed by atoms with van der Waals surface area (Å²) in [4.78, 5) is 23.3. The van der Waals surface area contributed by atoms with Crippen molar-refractivity contribution in [1.82, 2.24) is 4.31 Å². The van der Waals surface area contributed by atoms with Crippen molar-refractivity contribution < 1.29 is 31.2 Å². The van der Waals surface area contributed by atoms with Gasteiger partial charge in [0, 0.05) is 18.3 Å². The molecule has 0 aliphatic rings. The van der Waals surface area contributed by atoms with E-state index in [1.165, 1.54) is 37.3 Å². The molecule has 0 saturated heterocycles. The number of ketones is 1. The highest BCUT2D eigenvalue weighted by molar-refractivity contribution is 7.89. The molecular weight excluding hydrogens is 433 g/mol. The predicted molar refractivity (Wildman–Crippen MR) is 101 cm³/mol. The highest BCUT2D eigenvalue weighted by Gasteiger charge is 2.33. The number of anilines is 1. The number of Topliss-reactive ketones (excluding diaryl/α,β-unsaturated/α-hetero) is 1. The predicted octanol–water partition coefficient (Wildman–Crippen LogP) is 3.82. The average molecular weight is 449 g/mol. The molecule has 0 heterocycles. The molecule has 0 unspecified atom stereocenters. The highest BCUT2D eigenvalue weighted by Crippen LogP contribution is 2.36. The fraction of sp³-hybridized carbons (Fsp3) is 0.222. The van der Waals surface area contributed by atoms with Crippen molar-refractivity contribution in [3.63, 3.8) is 0 Å². The van der Waals surface area contributed by atoms with Gasteiger partial charge in [-0.25, -0.2) is 8.42 Å². The number of carbonyl (C=O) groups excluding carboxylic acids is 2. The minimum Gasteiger partial charge on any atom is -0.325 e. The van der Waals surface area contributed by atoms with Crippen LogP contribution < -0.4 is 5.32 Å². The summed E-state index contributed by atoms with van der Waals surface area (Å²) in [6, 6.07) is 7.96.